The van der Waals surface area contributed by atoms with Gasteiger partial charge in [0.1, 0.15) is 0 Å². The minimum Gasteiger partial charge on any atom is -0.323 e. The van der Waals surface area contributed by atoms with Crippen LogP contribution in [0, 0.1) is 11.3 Å². The van der Waals surface area contributed by atoms with Crippen LogP contribution in [0.15, 0.2) is 24.3 Å². The zero-order valence-corrected chi connectivity index (χ0v) is 7.25. The minimum absolute atomic E-state index is 0.202. The number of benzene rings is 1. The highest BCUT2D eigenvalue weighted by Gasteiger charge is 2.03. The highest BCUT2D eigenvalue weighted by molar-refractivity contribution is 6.30. The molecule has 62 valence electrons. The Morgan fingerprint density at radius 2 is 2.00 bits per heavy atom. The van der Waals surface area contributed by atoms with Crippen LogP contribution in [0.1, 0.15) is 18.0 Å². The van der Waals surface area contributed by atoms with E-state index in [1.54, 1.807) is 12.1 Å². The van der Waals surface area contributed by atoms with Crippen molar-refractivity contribution in [1.29, 1.82) is 5.26 Å². The van der Waals surface area contributed by atoms with Gasteiger partial charge < -0.3 is 5.73 Å². The fourth-order valence-electron chi connectivity index (χ4n) is 0.926. The van der Waals surface area contributed by atoms with E-state index in [9.17, 15) is 0 Å². The third-order valence-electron chi connectivity index (χ3n) is 1.61. The summed E-state index contributed by atoms with van der Waals surface area (Å²) in [6, 6.07) is 9.04. The van der Waals surface area contributed by atoms with Crippen LogP contribution in [-0.2, 0) is 0 Å². The molecule has 3 heteroatoms. The number of nitrogens with two attached hydrogens (primary N) is 1. The van der Waals surface area contributed by atoms with E-state index in [2.05, 4.69) is 0 Å². The maximum Gasteiger partial charge on any atom is 0.0641 e. The lowest BCUT2D eigenvalue weighted by Crippen LogP contribution is -2.08. The van der Waals surface area contributed by atoms with E-state index in [0.717, 1.165) is 5.56 Å². The molecular formula is C9H9ClN2. The molecule has 1 atom stereocenters. The number of rotatable bonds is 2. The molecule has 1 aromatic carbocycles. The summed E-state index contributed by atoms with van der Waals surface area (Å²) in [4.78, 5) is 0. The Labute approximate surface area is 76.6 Å². The summed E-state index contributed by atoms with van der Waals surface area (Å²) in [6.07, 6.45) is 0.335. The summed E-state index contributed by atoms with van der Waals surface area (Å²) in [5.41, 5.74) is 6.64. The van der Waals surface area contributed by atoms with E-state index in [1.165, 1.54) is 0 Å². The van der Waals surface area contributed by atoms with Gasteiger partial charge in [-0.25, -0.2) is 0 Å². The number of hydrogen-bond acceptors (Lipinski definition) is 2. The fraction of sp³-hybridized carbons (Fsp3) is 0.222. The summed E-state index contributed by atoms with van der Waals surface area (Å²) in [5, 5.41) is 9.08. The molecule has 0 saturated heterocycles. The second-order valence-electron chi connectivity index (χ2n) is 2.52. The van der Waals surface area contributed by atoms with Crippen LogP contribution in [0.25, 0.3) is 0 Å². The molecule has 0 aliphatic rings. The van der Waals surface area contributed by atoms with E-state index >= 15 is 0 Å². The van der Waals surface area contributed by atoms with Gasteiger partial charge in [-0.05, 0) is 17.7 Å². The first-order valence-electron chi connectivity index (χ1n) is 3.62. The number of halogens is 1. The normalized spacial score (nSPS) is 12.1. The van der Waals surface area contributed by atoms with E-state index in [0.29, 0.717) is 11.4 Å². The van der Waals surface area contributed by atoms with Crippen LogP contribution in [-0.4, -0.2) is 0 Å². The van der Waals surface area contributed by atoms with Gasteiger partial charge in [-0.2, -0.15) is 5.26 Å². The van der Waals surface area contributed by atoms with Crippen molar-refractivity contribution in [3.63, 3.8) is 0 Å². The van der Waals surface area contributed by atoms with Gasteiger partial charge in [0.15, 0.2) is 0 Å². The first kappa shape index (κ1) is 9.05. The predicted octanol–water partition coefficient (Wildman–Crippen LogP) is 2.25. The minimum atomic E-state index is -0.202. The van der Waals surface area contributed by atoms with E-state index < -0.39 is 0 Å². The summed E-state index contributed by atoms with van der Waals surface area (Å²) in [7, 11) is 0. The Hall–Kier alpha value is -1.04. The van der Waals surface area contributed by atoms with Crippen molar-refractivity contribution >= 4 is 11.6 Å². The molecule has 0 heterocycles. The number of hydrogen-bond donors (Lipinski definition) is 1. The van der Waals surface area contributed by atoms with Crippen molar-refractivity contribution in [2.75, 3.05) is 0 Å². The molecule has 0 spiro atoms. The molecule has 2 nitrogen and oxygen atoms in total. The van der Waals surface area contributed by atoms with Gasteiger partial charge in [0.05, 0.1) is 12.5 Å². The van der Waals surface area contributed by atoms with Crippen molar-refractivity contribution in [2.45, 2.75) is 12.5 Å². The topological polar surface area (TPSA) is 49.8 Å². The van der Waals surface area contributed by atoms with Crippen molar-refractivity contribution < 1.29 is 0 Å². The quantitative estimate of drug-likeness (QED) is 0.759. The van der Waals surface area contributed by atoms with Gasteiger partial charge in [-0.3, -0.25) is 0 Å². The third kappa shape index (κ3) is 2.23. The van der Waals surface area contributed by atoms with E-state index in [-0.39, 0.29) is 6.04 Å². The monoisotopic (exact) mass is 180 g/mol. The largest absolute Gasteiger partial charge is 0.323 e. The molecule has 0 radical (unpaired) electrons. The molecular weight excluding hydrogens is 172 g/mol. The van der Waals surface area contributed by atoms with Crippen LogP contribution >= 0.6 is 11.6 Å². The fourth-order valence-corrected chi connectivity index (χ4v) is 1.05. The number of nitriles is 1. The lowest BCUT2D eigenvalue weighted by Gasteiger charge is -2.06. The maximum atomic E-state index is 8.40. The zero-order valence-electron chi connectivity index (χ0n) is 6.50. The van der Waals surface area contributed by atoms with Gasteiger partial charge >= 0.3 is 0 Å². The molecule has 0 aliphatic carbocycles. The highest BCUT2D eigenvalue weighted by atomic mass is 35.5. The molecule has 0 fully saturated rings. The Balaban J connectivity index is 2.76. The van der Waals surface area contributed by atoms with Crippen LogP contribution in [0.3, 0.4) is 0 Å². The lowest BCUT2D eigenvalue weighted by molar-refractivity contribution is 0.748. The Morgan fingerprint density at radius 1 is 1.42 bits per heavy atom. The van der Waals surface area contributed by atoms with Crippen molar-refractivity contribution in [1.82, 2.24) is 0 Å². The van der Waals surface area contributed by atoms with Gasteiger partial charge in [0.25, 0.3) is 0 Å². The second kappa shape index (κ2) is 4.10. The second-order valence-corrected chi connectivity index (χ2v) is 2.96. The summed E-state index contributed by atoms with van der Waals surface area (Å²) < 4.78 is 0. The smallest absolute Gasteiger partial charge is 0.0641 e. The van der Waals surface area contributed by atoms with Gasteiger partial charge in [0.2, 0.25) is 0 Å². The molecule has 0 unspecified atom stereocenters. The molecule has 0 bridgehead atoms. The molecule has 0 saturated carbocycles. The van der Waals surface area contributed by atoms with Crippen LogP contribution in [0.2, 0.25) is 5.02 Å². The van der Waals surface area contributed by atoms with Gasteiger partial charge in [-0.1, -0.05) is 23.7 Å². The predicted molar refractivity (Wildman–Crippen MR) is 48.6 cm³/mol. The standard InChI is InChI=1S/C9H9ClN2/c10-8-3-1-7(2-4-8)9(12)5-6-11/h1-4,9H,5,12H2/t9-/m1/s1. The van der Waals surface area contributed by atoms with E-state index in [4.69, 9.17) is 22.6 Å². The molecule has 0 aromatic heterocycles. The van der Waals surface area contributed by atoms with Crippen LogP contribution in [0.4, 0.5) is 0 Å². The summed E-state index contributed by atoms with van der Waals surface area (Å²) in [5.74, 6) is 0. The number of nitrogens with zero attached hydrogens (tertiary/aromatic N) is 1. The van der Waals surface area contributed by atoms with Crippen LogP contribution in [0.5, 0.6) is 0 Å². The molecule has 0 aliphatic heterocycles. The van der Waals surface area contributed by atoms with Gasteiger partial charge in [-0.15, -0.1) is 0 Å². The average Bonchev–Trinajstić information content (AvgIpc) is 2.06. The van der Waals surface area contributed by atoms with Crippen LogP contribution < -0.4 is 5.73 Å². The Morgan fingerprint density at radius 3 is 2.50 bits per heavy atom. The van der Waals surface area contributed by atoms with E-state index in [1.807, 2.05) is 18.2 Å². The maximum absolute atomic E-state index is 8.40. The molecule has 0 amide bonds. The van der Waals surface area contributed by atoms with Crippen molar-refractivity contribution in [3.8, 4) is 6.07 Å². The SMILES string of the molecule is N#CC[C@@H](N)c1ccc(Cl)cc1. The first-order chi connectivity index (χ1) is 5.74. The third-order valence-corrected chi connectivity index (χ3v) is 1.86. The van der Waals surface area contributed by atoms with Gasteiger partial charge in [0, 0.05) is 11.1 Å². The highest BCUT2D eigenvalue weighted by Crippen LogP contribution is 2.16. The molecule has 1 aromatic rings. The van der Waals surface area contributed by atoms with Crippen molar-refractivity contribution in [3.05, 3.63) is 34.9 Å². The Bertz CT molecular complexity index is 286. The molecule has 2 N–H and O–H groups in total. The molecule has 1 rings (SSSR count). The first-order valence-corrected chi connectivity index (χ1v) is 4.00. The average molecular weight is 181 g/mol. The van der Waals surface area contributed by atoms with Crippen molar-refractivity contribution in [2.24, 2.45) is 5.73 Å². The summed E-state index contributed by atoms with van der Waals surface area (Å²) >= 11 is 5.69. The zero-order chi connectivity index (χ0) is 8.97. The summed E-state index contributed by atoms with van der Waals surface area (Å²) in [6.45, 7) is 0. The Kier molecular flexibility index (Phi) is 3.09. The lowest BCUT2D eigenvalue weighted by atomic mass is 10.1. The molecule has 12 heavy (non-hydrogen) atoms.